The molecule has 1 fully saturated rings. The zero-order valence-corrected chi connectivity index (χ0v) is 10.1. The lowest BCUT2D eigenvalue weighted by Gasteiger charge is -2.33. The molecule has 92 valence electrons. The first-order valence-electron chi connectivity index (χ1n) is 6.03. The summed E-state index contributed by atoms with van der Waals surface area (Å²) in [6.07, 6.45) is 2.32. The second-order valence-electron chi connectivity index (χ2n) is 4.46. The standard InChI is InChI=1S/C13H19N3O/c1-15-11-6-8-16(9-7-11)12-4-2-10(3-5-12)13(14)17/h2-5,11,15H,6-9H2,1H3,(H2,14,17). The smallest absolute Gasteiger partial charge is 0.248 e. The van der Waals surface area contributed by atoms with Gasteiger partial charge in [-0.25, -0.2) is 0 Å². The van der Waals surface area contributed by atoms with Crippen LogP contribution < -0.4 is 16.0 Å². The first-order chi connectivity index (χ1) is 8.20. The van der Waals surface area contributed by atoms with Crippen molar-refractivity contribution in [2.24, 2.45) is 5.73 Å². The molecule has 4 nitrogen and oxygen atoms in total. The number of hydrogen-bond donors (Lipinski definition) is 2. The van der Waals surface area contributed by atoms with Crippen molar-refractivity contribution in [2.75, 3.05) is 25.0 Å². The van der Waals surface area contributed by atoms with E-state index in [-0.39, 0.29) is 5.91 Å². The fourth-order valence-corrected chi connectivity index (χ4v) is 2.26. The highest BCUT2D eigenvalue weighted by Crippen LogP contribution is 2.20. The molecule has 0 atom stereocenters. The molecule has 3 N–H and O–H groups in total. The predicted octanol–water partition coefficient (Wildman–Crippen LogP) is 0.974. The molecule has 17 heavy (non-hydrogen) atoms. The van der Waals surface area contributed by atoms with E-state index in [0.29, 0.717) is 11.6 Å². The summed E-state index contributed by atoms with van der Waals surface area (Å²) in [7, 11) is 2.02. The molecule has 2 rings (SSSR count). The van der Waals surface area contributed by atoms with Crippen molar-refractivity contribution in [1.82, 2.24) is 5.32 Å². The Bertz CT molecular complexity index is 380. The summed E-state index contributed by atoms with van der Waals surface area (Å²) >= 11 is 0. The molecular formula is C13H19N3O. The largest absolute Gasteiger partial charge is 0.371 e. The zero-order chi connectivity index (χ0) is 12.3. The second kappa shape index (κ2) is 5.19. The van der Waals surface area contributed by atoms with E-state index in [0.717, 1.165) is 25.9 Å². The van der Waals surface area contributed by atoms with Crippen LogP contribution in [0.4, 0.5) is 5.69 Å². The monoisotopic (exact) mass is 233 g/mol. The summed E-state index contributed by atoms with van der Waals surface area (Å²) in [5, 5.41) is 3.31. The Kier molecular flexibility index (Phi) is 3.64. The molecule has 0 saturated carbocycles. The lowest BCUT2D eigenvalue weighted by atomic mass is 10.0. The minimum absolute atomic E-state index is 0.370. The van der Waals surface area contributed by atoms with E-state index in [1.807, 2.05) is 19.2 Å². The van der Waals surface area contributed by atoms with E-state index >= 15 is 0 Å². The Morgan fingerprint density at radius 3 is 2.35 bits per heavy atom. The lowest BCUT2D eigenvalue weighted by Crippen LogP contribution is -2.41. The molecule has 0 aromatic heterocycles. The topological polar surface area (TPSA) is 58.4 Å². The number of nitrogens with zero attached hydrogens (tertiary/aromatic N) is 1. The molecule has 1 amide bonds. The lowest BCUT2D eigenvalue weighted by molar-refractivity contribution is 0.100. The van der Waals surface area contributed by atoms with E-state index in [2.05, 4.69) is 10.2 Å². The number of nitrogens with two attached hydrogens (primary N) is 1. The van der Waals surface area contributed by atoms with Crippen molar-refractivity contribution in [3.8, 4) is 0 Å². The fourth-order valence-electron chi connectivity index (χ4n) is 2.26. The van der Waals surface area contributed by atoms with Gasteiger partial charge < -0.3 is 16.0 Å². The van der Waals surface area contributed by atoms with Gasteiger partial charge in [0.1, 0.15) is 0 Å². The average Bonchev–Trinajstić information content (AvgIpc) is 2.39. The highest BCUT2D eigenvalue weighted by molar-refractivity contribution is 5.93. The molecule has 1 aromatic rings. The van der Waals surface area contributed by atoms with E-state index in [4.69, 9.17) is 5.73 Å². The third kappa shape index (κ3) is 2.77. The third-order valence-corrected chi connectivity index (χ3v) is 3.42. The zero-order valence-electron chi connectivity index (χ0n) is 10.1. The molecule has 0 unspecified atom stereocenters. The van der Waals surface area contributed by atoms with Gasteiger partial charge in [-0.15, -0.1) is 0 Å². The Hall–Kier alpha value is -1.55. The average molecular weight is 233 g/mol. The SMILES string of the molecule is CNC1CCN(c2ccc(C(N)=O)cc2)CC1. The van der Waals surface area contributed by atoms with Gasteiger partial charge in [-0.2, -0.15) is 0 Å². The highest BCUT2D eigenvalue weighted by atomic mass is 16.1. The van der Waals surface area contributed by atoms with Crippen molar-refractivity contribution < 1.29 is 4.79 Å². The molecule has 0 aliphatic carbocycles. The van der Waals surface area contributed by atoms with Crippen LogP contribution in [-0.2, 0) is 0 Å². The summed E-state index contributed by atoms with van der Waals surface area (Å²) < 4.78 is 0. The third-order valence-electron chi connectivity index (χ3n) is 3.42. The van der Waals surface area contributed by atoms with Gasteiger partial charge >= 0.3 is 0 Å². The number of nitrogens with one attached hydrogen (secondary N) is 1. The van der Waals surface area contributed by atoms with E-state index < -0.39 is 0 Å². The number of carbonyl (C=O) groups is 1. The highest BCUT2D eigenvalue weighted by Gasteiger charge is 2.17. The van der Waals surface area contributed by atoms with Crippen LogP contribution in [0.1, 0.15) is 23.2 Å². The predicted molar refractivity (Wildman–Crippen MR) is 69.3 cm³/mol. The Morgan fingerprint density at radius 2 is 1.88 bits per heavy atom. The number of amides is 1. The van der Waals surface area contributed by atoms with Gasteiger partial charge in [-0.05, 0) is 44.2 Å². The van der Waals surface area contributed by atoms with Crippen LogP contribution in [0.25, 0.3) is 0 Å². The summed E-state index contributed by atoms with van der Waals surface area (Å²) in [5.74, 6) is -0.370. The van der Waals surface area contributed by atoms with E-state index in [9.17, 15) is 4.79 Å². The first-order valence-corrected chi connectivity index (χ1v) is 6.03. The van der Waals surface area contributed by atoms with Crippen molar-refractivity contribution >= 4 is 11.6 Å². The minimum atomic E-state index is -0.370. The number of carbonyl (C=O) groups excluding carboxylic acids is 1. The quantitative estimate of drug-likeness (QED) is 0.818. The van der Waals surface area contributed by atoms with Gasteiger partial charge in [-0.1, -0.05) is 0 Å². The molecule has 1 aliphatic heterocycles. The molecule has 1 aliphatic rings. The second-order valence-corrected chi connectivity index (χ2v) is 4.46. The first kappa shape index (κ1) is 11.9. The van der Waals surface area contributed by atoms with E-state index in [1.165, 1.54) is 5.69 Å². The number of rotatable bonds is 3. The van der Waals surface area contributed by atoms with Crippen LogP contribution in [0.5, 0.6) is 0 Å². The Morgan fingerprint density at radius 1 is 1.29 bits per heavy atom. The number of benzene rings is 1. The Labute approximate surface area is 102 Å². The van der Waals surface area contributed by atoms with Crippen LogP contribution in [0.15, 0.2) is 24.3 Å². The van der Waals surface area contributed by atoms with Crippen molar-refractivity contribution in [2.45, 2.75) is 18.9 Å². The molecule has 0 radical (unpaired) electrons. The molecule has 0 spiro atoms. The van der Waals surface area contributed by atoms with Crippen LogP contribution in [0, 0.1) is 0 Å². The molecular weight excluding hydrogens is 214 g/mol. The van der Waals surface area contributed by atoms with Gasteiger partial charge in [0, 0.05) is 30.4 Å². The van der Waals surface area contributed by atoms with Gasteiger partial charge in [0.25, 0.3) is 0 Å². The maximum absolute atomic E-state index is 11.0. The number of anilines is 1. The maximum atomic E-state index is 11.0. The Balaban J connectivity index is 2.01. The van der Waals surface area contributed by atoms with Crippen LogP contribution in [-0.4, -0.2) is 32.1 Å². The molecule has 1 heterocycles. The number of piperidine rings is 1. The fraction of sp³-hybridized carbons (Fsp3) is 0.462. The van der Waals surface area contributed by atoms with Gasteiger partial charge in [0.05, 0.1) is 0 Å². The van der Waals surface area contributed by atoms with Gasteiger partial charge in [0.15, 0.2) is 0 Å². The van der Waals surface area contributed by atoms with Crippen molar-refractivity contribution in [3.05, 3.63) is 29.8 Å². The van der Waals surface area contributed by atoms with Gasteiger partial charge in [0.2, 0.25) is 5.91 Å². The maximum Gasteiger partial charge on any atom is 0.248 e. The summed E-state index contributed by atoms with van der Waals surface area (Å²) in [5.41, 5.74) is 6.96. The summed E-state index contributed by atoms with van der Waals surface area (Å²) in [6, 6.07) is 8.17. The minimum Gasteiger partial charge on any atom is -0.371 e. The van der Waals surface area contributed by atoms with Crippen LogP contribution >= 0.6 is 0 Å². The molecule has 4 heteroatoms. The summed E-state index contributed by atoms with van der Waals surface area (Å²) in [4.78, 5) is 13.3. The normalized spacial score (nSPS) is 17.1. The van der Waals surface area contributed by atoms with Crippen molar-refractivity contribution in [1.29, 1.82) is 0 Å². The van der Waals surface area contributed by atoms with Gasteiger partial charge in [-0.3, -0.25) is 4.79 Å². The van der Waals surface area contributed by atoms with Crippen molar-refractivity contribution in [3.63, 3.8) is 0 Å². The molecule has 1 aromatic carbocycles. The number of primary amides is 1. The van der Waals surface area contributed by atoms with Crippen LogP contribution in [0.2, 0.25) is 0 Å². The van der Waals surface area contributed by atoms with E-state index in [1.54, 1.807) is 12.1 Å². The molecule has 0 bridgehead atoms. The number of hydrogen-bond acceptors (Lipinski definition) is 3. The molecule has 1 saturated heterocycles. The summed E-state index contributed by atoms with van der Waals surface area (Å²) in [6.45, 7) is 2.11. The van der Waals surface area contributed by atoms with Crippen LogP contribution in [0.3, 0.4) is 0 Å².